The lowest BCUT2D eigenvalue weighted by molar-refractivity contribution is -0.158. The first kappa shape index (κ1) is 20.7. The highest BCUT2D eigenvalue weighted by atomic mass is 16.5. The zero-order valence-corrected chi connectivity index (χ0v) is 16.5. The molecular formula is C23H25NO5. The average Bonchev–Trinajstić information content (AvgIpc) is 2.79. The SMILES string of the molecule is COc1ccc(C2CCN(C(C=O)C(=O)C(=O)OCc3ccccc3)CC2)cc1. The minimum absolute atomic E-state index is 0.0105. The fraction of sp³-hybridized carbons (Fsp3) is 0.348. The molecule has 6 heteroatoms. The summed E-state index contributed by atoms with van der Waals surface area (Å²) in [5, 5.41) is 0. The number of rotatable bonds is 8. The van der Waals surface area contributed by atoms with Crippen LogP contribution in [0, 0.1) is 0 Å². The topological polar surface area (TPSA) is 72.9 Å². The standard InChI is InChI=1S/C23H25NO5/c1-28-20-9-7-18(8-10-20)19-11-13-24(14-12-19)21(15-25)22(26)23(27)29-16-17-5-3-2-4-6-17/h2-10,15,19,21H,11-14,16H2,1H3. The highest BCUT2D eigenvalue weighted by molar-refractivity contribution is 6.38. The number of benzene rings is 2. The number of nitrogens with zero attached hydrogens (tertiary/aromatic N) is 1. The van der Waals surface area contributed by atoms with Gasteiger partial charge in [-0.1, -0.05) is 42.5 Å². The van der Waals surface area contributed by atoms with Gasteiger partial charge >= 0.3 is 5.97 Å². The minimum atomic E-state index is -1.09. The highest BCUT2D eigenvalue weighted by Gasteiger charge is 2.34. The molecule has 0 amide bonds. The van der Waals surface area contributed by atoms with Gasteiger partial charge in [0.25, 0.3) is 5.78 Å². The number of ether oxygens (including phenoxy) is 2. The smallest absolute Gasteiger partial charge is 0.377 e. The van der Waals surface area contributed by atoms with Gasteiger partial charge in [-0.15, -0.1) is 0 Å². The molecule has 1 saturated heterocycles. The Bertz CT molecular complexity index is 826. The van der Waals surface area contributed by atoms with Crippen LogP contribution in [0.1, 0.15) is 29.9 Å². The molecule has 1 heterocycles. The van der Waals surface area contributed by atoms with E-state index in [0.717, 1.165) is 24.2 Å². The number of Topliss-reactive ketones (excluding diaryl/α,β-unsaturated/α-hetero) is 1. The first-order chi connectivity index (χ1) is 14.1. The van der Waals surface area contributed by atoms with Gasteiger partial charge in [0, 0.05) is 0 Å². The number of carbonyl (C=O) groups is 3. The third-order valence-electron chi connectivity index (χ3n) is 5.32. The molecule has 1 fully saturated rings. The van der Waals surface area contributed by atoms with E-state index < -0.39 is 17.8 Å². The summed E-state index contributed by atoms with van der Waals surface area (Å²) in [5.41, 5.74) is 2.00. The number of esters is 1. The Morgan fingerprint density at radius 3 is 2.31 bits per heavy atom. The van der Waals surface area contributed by atoms with Crippen LogP contribution in [0.2, 0.25) is 0 Å². The Morgan fingerprint density at radius 2 is 1.72 bits per heavy atom. The van der Waals surface area contributed by atoms with E-state index >= 15 is 0 Å². The van der Waals surface area contributed by atoms with Crippen molar-refractivity contribution in [1.29, 1.82) is 0 Å². The molecule has 152 valence electrons. The van der Waals surface area contributed by atoms with Crippen molar-refractivity contribution in [1.82, 2.24) is 4.90 Å². The Balaban J connectivity index is 1.53. The lowest BCUT2D eigenvalue weighted by Crippen LogP contribution is -2.48. The van der Waals surface area contributed by atoms with Crippen LogP contribution in [0.4, 0.5) is 0 Å². The van der Waals surface area contributed by atoms with E-state index in [1.807, 2.05) is 42.5 Å². The molecule has 1 aliphatic heterocycles. The van der Waals surface area contributed by atoms with Crippen LogP contribution in [0.15, 0.2) is 54.6 Å². The molecule has 0 N–H and O–H groups in total. The van der Waals surface area contributed by atoms with Gasteiger partial charge in [-0.25, -0.2) is 4.79 Å². The third-order valence-corrected chi connectivity index (χ3v) is 5.32. The van der Waals surface area contributed by atoms with Crippen LogP contribution < -0.4 is 4.74 Å². The number of aldehydes is 1. The lowest BCUT2D eigenvalue weighted by Gasteiger charge is -2.34. The summed E-state index contributed by atoms with van der Waals surface area (Å²) in [6.45, 7) is 1.14. The van der Waals surface area contributed by atoms with Crippen LogP contribution in [0.3, 0.4) is 0 Å². The molecule has 0 radical (unpaired) electrons. The average molecular weight is 395 g/mol. The fourth-order valence-electron chi connectivity index (χ4n) is 3.62. The van der Waals surface area contributed by atoms with Crippen LogP contribution in [0.5, 0.6) is 5.75 Å². The summed E-state index contributed by atoms with van der Waals surface area (Å²) in [7, 11) is 1.63. The molecule has 2 aromatic rings. The van der Waals surface area contributed by atoms with E-state index in [0.29, 0.717) is 25.3 Å². The molecule has 1 atom stereocenters. The predicted molar refractivity (Wildman–Crippen MR) is 108 cm³/mol. The second-order valence-electron chi connectivity index (χ2n) is 7.09. The largest absolute Gasteiger partial charge is 0.497 e. The summed E-state index contributed by atoms with van der Waals surface area (Å²) in [6.07, 6.45) is 2.16. The zero-order chi connectivity index (χ0) is 20.6. The van der Waals surface area contributed by atoms with Gasteiger partial charge in [0.15, 0.2) is 0 Å². The summed E-state index contributed by atoms with van der Waals surface area (Å²) in [6, 6.07) is 16.0. The molecule has 1 aliphatic rings. The predicted octanol–water partition coefficient (Wildman–Crippen LogP) is 2.75. The van der Waals surface area contributed by atoms with Gasteiger partial charge in [-0.3, -0.25) is 9.69 Å². The van der Waals surface area contributed by atoms with Crippen molar-refractivity contribution in [2.24, 2.45) is 0 Å². The van der Waals surface area contributed by atoms with Crippen molar-refractivity contribution >= 4 is 18.0 Å². The van der Waals surface area contributed by atoms with Gasteiger partial charge in [-0.2, -0.15) is 0 Å². The van der Waals surface area contributed by atoms with Crippen molar-refractivity contribution in [3.63, 3.8) is 0 Å². The first-order valence-electron chi connectivity index (χ1n) is 9.70. The maximum atomic E-state index is 12.5. The van der Waals surface area contributed by atoms with Gasteiger partial charge in [0.2, 0.25) is 0 Å². The Morgan fingerprint density at radius 1 is 1.07 bits per heavy atom. The normalized spacial score (nSPS) is 16.0. The molecule has 0 bridgehead atoms. The highest BCUT2D eigenvalue weighted by Crippen LogP contribution is 2.29. The molecule has 1 unspecified atom stereocenters. The number of hydrogen-bond acceptors (Lipinski definition) is 6. The summed E-state index contributed by atoms with van der Waals surface area (Å²) >= 11 is 0. The van der Waals surface area contributed by atoms with Crippen molar-refractivity contribution in [2.75, 3.05) is 20.2 Å². The van der Waals surface area contributed by atoms with Gasteiger partial charge < -0.3 is 14.3 Å². The van der Waals surface area contributed by atoms with Gasteiger partial charge in [0.05, 0.1) is 7.11 Å². The van der Waals surface area contributed by atoms with Crippen molar-refractivity contribution in [2.45, 2.75) is 31.4 Å². The molecule has 6 nitrogen and oxygen atoms in total. The van der Waals surface area contributed by atoms with E-state index in [4.69, 9.17) is 9.47 Å². The molecule has 2 aromatic carbocycles. The van der Waals surface area contributed by atoms with E-state index in [1.165, 1.54) is 5.56 Å². The Kier molecular flexibility index (Phi) is 7.14. The molecule has 29 heavy (non-hydrogen) atoms. The summed E-state index contributed by atoms with van der Waals surface area (Å²) < 4.78 is 10.3. The minimum Gasteiger partial charge on any atom is -0.497 e. The van der Waals surface area contributed by atoms with E-state index in [1.54, 1.807) is 24.1 Å². The number of piperidine rings is 1. The van der Waals surface area contributed by atoms with E-state index in [-0.39, 0.29) is 6.61 Å². The molecule has 0 aromatic heterocycles. The van der Waals surface area contributed by atoms with E-state index in [9.17, 15) is 14.4 Å². The Labute approximate surface area is 170 Å². The Hall–Kier alpha value is -2.99. The van der Waals surface area contributed by atoms with Crippen molar-refractivity contribution < 1.29 is 23.9 Å². The second-order valence-corrected chi connectivity index (χ2v) is 7.09. The number of ketones is 1. The maximum absolute atomic E-state index is 12.5. The summed E-state index contributed by atoms with van der Waals surface area (Å²) in [4.78, 5) is 37.9. The van der Waals surface area contributed by atoms with E-state index in [2.05, 4.69) is 0 Å². The van der Waals surface area contributed by atoms with Crippen LogP contribution >= 0.6 is 0 Å². The molecule has 0 aliphatic carbocycles. The molecule has 0 spiro atoms. The number of hydrogen-bond donors (Lipinski definition) is 0. The van der Waals surface area contributed by atoms with Gasteiger partial charge in [0.1, 0.15) is 24.7 Å². The van der Waals surface area contributed by atoms with Crippen LogP contribution in [-0.4, -0.2) is 49.2 Å². The van der Waals surface area contributed by atoms with Crippen LogP contribution in [0.25, 0.3) is 0 Å². The fourth-order valence-corrected chi connectivity index (χ4v) is 3.62. The van der Waals surface area contributed by atoms with Gasteiger partial charge in [-0.05, 0) is 55.1 Å². The molecule has 0 saturated carbocycles. The molecular weight excluding hydrogens is 370 g/mol. The summed E-state index contributed by atoms with van der Waals surface area (Å²) in [5.74, 6) is -0.613. The quantitative estimate of drug-likeness (QED) is 0.296. The molecule has 3 rings (SSSR count). The second kappa shape index (κ2) is 9.98. The number of carbonyl (C=O) groups excluding carboxylic acids is 3. The first-order valence-corrected chi connectivity index (χ1v) is 9.70. The third kappa shape index (κ3) is 5.29. The zero-order valence-electron chi connectivity index (χ0n) is 16.5. The number of methoxy groups -OCH3 is 1. The van der Waals surface area contributed by atoms with Crippen LogP contribution in [-0.2, 0) is 25.7 Å². The number of likely N-dealkylation sites (tertiary alicyclic amines) is 1. The van der Waals surface area contributed by atoms with Crippen molar-refractivity contribution in [3.05, 3.63) is 65.7 Å². The maximum Gasteiger partial charge on any atom is 0.377 e. The van der Waals surface area contributed by atoms with Crippen molar-refractivity contribution in [3.8, 4) is 5.75 Å². The monoisotopic (exact) mass is 395 g/mol. The lowest BCUT2D eigenvalue weighted by atomic mass is 9.88.